The summed E-state index contributed by atoms with van der Waals surface area (Å²) in [5, 5.41) is 9.42. The quantitative estimate of drug-likeness (QED) is 0.662. The van der Waals surface area contributed by atoms with Gasteiger partial charge in [0.25, 0.3) is 5.91 Å². The average molecular weight is 433 g/mol. The molecule has 0 radical (unpaired) electrons. The van der Waals surface area contributed by atoms with Gasteiger partial charge < -0.3 is 14.7 Å². The number of sulfonamides is 1. The number of carbonyl (C=O) groups is 2. The minimum absolute atomic E-state index is 0.0165. The molecule has 0 bridgehead atoms. The van der Waals surface area contributed by atoms with Gasteiger partial charge in [-0.2, -0.15) is 4.31 Å². The van der Waals surface area contributed by atoms with E-state index < -0.39 is 21.9 Å². The van der Waals surface area contributed by atoms with Crippen LogP contribution in [0.1, 0.15) is 26.3 Å². The Hall–Kier alpha value is -2.82. The number of hydrogen-bond donors (Lipinski definition) is 1. The van der Waals surface area contributed by atoms with Gasteiger partial charge in [0.1, 0.15) is 0 Å². The summed E-state index contributed by atoms with van der Waals surface area (Å²) in [5.41, 5.74) is 0.649. The highest BCUT2D eigenvalue weighted by Gasteiger charge is 2.27. The van der Waals surface area contributed by atoms with Crippen molar-refractivity contribution in [3.63, 3.8) is 0 Å². The molecule has 1 fully saturated rings. The molecular weight excluding hydrogens is 410 g/mol. The molecule has 1 N–H and O–H groups in total. The van der Waals surface area contributed by atoms with Crippen molar-refractivity contribution in [2.75, 3.05) is 38.6 Å². The maximum atomic E-state index is 13.2. The fourth-order valence-electron chi connectivity index (χ4n) is 3.17. The maximum Gasteiger partial charge on any atom is 0.336 e. The zero-order chi connectivity index (χ0) is 21.6. The van der Waals surface area contributed by atoms with Crippen molar-refractivity contribution in [1.29, 1.82) is 0 Å². The molecule has 0 aliphatic carbocycles. The van der Waals surface area contributed by atoms with Crippen molar-refractivity contribution in [2.24, 2.45) is 0 Å². The van der Waals surface area contributed by atoms with Gasteiger partial charge in [-0.25, -0.2) is 13.2 Å². The largest absolute Gasteiger partial charge is 0.478 e. The van der Waals surface area contributed by atoms with Crippen LogP contribution >= 0.6 is 0 Å². The number of carbonyl (C=O) groups excluding carboxylic acids is 1. The van der Waals surface area contributed by atoms with Crippen molar-refractivity contribution in [2.45, 2.75) is 6.54 Å². The van der Waals surface area contributed by atoms with Crippen LogP contribution < -0.4 is 0 Å². The van der Waals surface area contributed by atoms with E-state index >= 15 is 0 Å². The van der Waals surface area contributed by atoms with E-state index in [9.17, 15) is 23.1 Å². The third-order valence-corrected chi connectivity index (χ3v) is 6.63. The highest BCUT2D eigenvalue weighted by atomic mass is 32.2. The Kier molecular flexibility index (Phi) is 7.14. The first-order valence-corrected chi connectivity index (χ1v) is 11.1. The molecule has 1 aliphatic heterocycles. The predicted octanol–water partition coefficient (Wildman–Crippen LogP) is 1.08. The van der Waals surface area contributed by atoms with Gasteiger partial charge in [-0.1, -0.05) is 12.1 Å². The van der Waals surface area contributed by atoms with Crippen LogP contribution in [0.3, 0.4) is 0 Å². The van der Waals surface area contributed by atoms with Crippen LogP contribution in [0, 0.1) is 0 Å². The molecule has 2 aromatic rings. The van der Waals surface area contributed by atoms with Crippen LogP contribution in [0.5, 0.6) is 0 Å². The molecule has 0 spiro atoms. The van der Waals surface area contributed by atoms with Crippen molar-refractivity contribution >= 4 is 21.9 Å². The third-order valence-electron chi connectivity index (χ3n) is 4.78. The lowest BCUT2D eigenvalue weighted by atomic mass is 10.1. The van der Waals surface area contributed by atoms with E-state index in [-0.39, 0.29) is 43.1 Å². The molecule has 2 heterocycles. The summed E-state index contributed by atoms with van der Waals surface area (Å²) in [4.78, 5) is 30.0. The van der Waals surface area contributed by atoms with Crippen molar-refractivity contribution in [3.05, 3.63) is 65.5 Å². The number of rotatable bonds is 8. The second-order valence-corrected chi connectivity index (χ2v) is 8.85. The van der Waals surface area contributed by atoms with Gasteiger partial charge in [-0.05, 0) is 29.8 Å². The Labute approximate surface area is 174 Å². The second kappa shape index (κ2) is 9.79. The summed E-state index contributed by atoms with van der Waals surface area (Å²) in [6.45, 7) is 1.30. The summed E-state index contributed by atoms with van der Waals surface area (Å²) in [6.07, 6.45) is 3.15. The average Bonchev–Trinajstić information content (AvgIpc) is 2.77. The van der Waals surface area contributed by atoms with E-state index in [4.69, 9.17) is 4.74 Å². The van der Waals surface area contributed by atoms with Gasteiger partial charge >= 0.3 is 5.97 Å². The Morgan fingerprint density at radius 1 is 1.07 bits per heavy atom. The number of nitrogens with zero attached hydrogens (tertiary/aromatic N) is 3. The fraction of sp³-hybridized carbons (Fsp3) is 0.350. The second-order valence-electron chi connectivity index (χ2n) is 6.76. The number of carboxylic acid groups (broad SMARTS) is 1. The highest BCUT2D eigenvalue weighted by molar-refractivity contribution is 7.89. The number of aromatic carboxylic acids is 1. The molecule has 0 saturated carbocycles. The molecule has 0 unspecified atom stereocenters. The zero-order valence-corrected chi connectivity index (χ0v) is 17.1. The Morgan fingerprint density at radius 2 is 1.70 bits per heavy atom. The number of aromatic nitrogens is 1. The number of pyridine rings is 1. The van der Waals surface area contributed by atoms with Crippen LogP contribution in [0.15, 0.2) is 48.8 Å². The van der Waals surface area contributed by atoms with Crippen LogP contribution in [0.25, 0.3) is 0 Å². The third kappa shape index (κ3) is 5.41. The molecule has 9 nitrogen and oxygen atoms in total. The topological polar surface area (TPSA) is 117 Å². The molecule has 1 aromatic heterocycles. The highest BCUT2D eigenvalue weighted by Crippen LogP contribution is 2.16. The minimum atomic E-state index is -3.58. The van der Waals surface area contributed by atoms with E-state index in [1.807, 2.05) is 0 Å². The molecule has 160 valence electrons. The molecule has 0 atom stereocenters. The summed E-state index contributed by atoms with van der Waals surface area (Å²) < 4.78 is 32.0. The first-order valence-electron chi connectivity index (χ1n) is 9.44. The maximum absolute atomic E-state index is 13.2. The zero-order valence-electron chi connectivity index (χ0n) is 16.3. The van der Waals surface area contributed by atoms with Crippen LogP contribution in [0.2, 0.25) is 0 Å². The van der Waals surface area contributed by atoms with Crippen molar-refractivity contribution < 1.29 is 27.9 Å². The first kappa shape index (κ1) is 21.9. The Bertz CT molecular complexity index is 991. The molecule has 10 heteroatoms. The number of ether oxygens (including phenoxy) is 1. The molecule has 1 saturated heterocycles. The normalized spacial score (nSPS) is 14.9. The fourth-order valence-corrected chi connectivity index (χ4v) is 4.58. The van der Waals surface area contributed by atoms with Gasteiger partial charge in [0.15, 0.2) is 0 Å². The van der Waals surface area contributed by atoms with Crippen LogP contribution in [0.4, 0.5) is 0 Å². The molecule has 1 aromatic carbocycles. The summed E-state index contributed by atoms with van der Waals surface area (Å²) >= 11 is 0. The Balaban J connectivity index is 1.83. The lowest BCUT2D eigenvalue weighted by molar-refractivity contribution is 0.0672. The number of amides is 1. The van der Waals surface area contributed by atoms with Crippen molar-refractivity contribution in [3.8, 4) is 0 Å². The minimum Gasteiger partial charge on any atom is -0.478 e. The van der Waals surface area contributed by atoms with Crippen LogP contribution in [-0.4, -0.2) is 78.2 Å². The van der Waals surface area contributed by atoms with Crippen molar-refractivity contribution in [1.82, 2.24) is 14.2 Å². The monoisotopic (exact) mass is 433 g/mol. The van der Waals surface area contributed by atoms with E-state index in [1.165, 1.54) is 27.4 Å². The van der Waals surface area contributed by atoms with Gasteiger partial charge in [-0.15, -0.1) is 0 Å². The standard InChI is InChI=1S/C20H23N3O6S/c24-19(17-3-1-2-4-18(17)20(25)26)22(15-16-5-7-21-8-6-16)11-14-30(27,28)23-9-12-29-13-10-23/h1-8H,9-15H2,(H,25,26). The number of morpholine rings is 1. The van der Waals surface area contributed by atoms with Gasteiger partial charge in [-0.3, -0.25) is 9.78 Å². The molecule has 1 amide bonds. The molecule has 3 rings (SSSR count). The lowest BCUT2D eigenvalue weighted by Crippen LogP contribution is -2.44. The molecule has 1 aliphatic rings. The lowest BCUT2D eigenvalue weighted by Gasteiger charge is -2.28. The number of hydrogen-bond acceptors (Lipinski definition) is 6. The van der Waals surface area contributed by atoms with E-state index in [0.29, 0.717) is 13.2 Å². The van der Waals surface area contributed by atoms with Gasteiger partial charge in [0.05, 0.1) is 30.1 Å². The summed E-state index contributed by atoms with van der Waals surface area (Å²) in [5.74, 6) is -2.02. The molecular formula is C20H23N3O6S. The van der Waals surface area contributed by atoms with E-state index in [1.54, 1.807) is 30.6 Å². The predicted molar refractivity (Wildman–Crippen MR) is 109 cm³/mol. The Morgan fingerprint density at radius 3 is 2.33 bits per heavy atom. The number of carboxylic acids is 1. The first-order chi connectivity index (χ1) is 14.4. The number of benzene rings is 1. The van der Waals surface area contributed by atoms with E-state index in [0.717, 1.165) is 5.56 Å². The van der Waals surface area contributed by atoms with Gasteiger partial charge in [0.2, 0.25) is 10.0 Å². The summed E-state index contributed by atoms with van der Waals surface area (Å²) in [7, 11) is -3.58. The van der Waals surface area contributed by atoms with Crippen LogP contribution in [-0.2, 0) is 21.3 Å². The molecule has 30 heavy (non-hydrogen) atoms. The van der Waals surface area contributed by atoms with Gasteiger partial charge in [0, 0.05) is 38.6 Å². The van der Waals surface area contributed by atoms with E-state index in [2.05, 4.69) is 4.98 Å². The SMILES string of the molecule is O=C(O)c1ccccc1C(=O)N(CCS(=O)(=O)N1CCOCC1)Cc1ccncc1. The summed E-state index contributed by atoms with van der Waals surface area (Å²) in [6, 6.07) is 9.34. The smallest absolute Gasteiger partial charge is 0.336 e.